The van der Waals surface area contributed by atoms with Gasteiger partial charge in [0.1, 0.15) is 25.4 Å². The van der Waals surface area contributed by atoms with Crippen molar-refractivity contribution in [3.8, 4) is 0 Å². The maximum absolute atomic E-state index is 13.0. The molecule has 0 amide bonds. The van der Waals surface area contributed by atoms with Crippen LogP contribution in [-0.2, 0) is 55.8 Å². The van der Waals surface area contributed by atoms with Crippen molar-refractivity contribution in [3.05, 3.63) is 170 Å². The number of aliphatic hydroxyl groups excluding tert-OH is 2. The van der Waals surface area contributed by atoms with Gasteiger partial charge < -0.3 is 34.2 Å². The third-order valence-corrected chi connectivity index (χ3v) is 17.8. The first-order valence-corrected chi connectivity index (χ1v) is 42.4. The van der Waals surface area contributed by atoms with E-state index in [1.807, 2.05) is 0 Å². The standard InChI is InChI=1S/C85H140O16P2/c1-4-7-10-13-16-19-22-25-28-31-32-33-34-35-36-37-38-39-40-41-42-43-44-45-46-49-51-53-56-59-62-65-68-71-83(88)95-74-80(86)75-97-102(91,92)98-76-81(87)77-99-103(93,94)100-79-82(101-85(90)73-70-67-64-61-58-55-52-48-30-27-24-21-18-15-12-9-6-3)78-96-84(89)72-69-66-63-60-57-54-50-47-29-26-23-20-17-14-11-8-5-2/h7-12,16-21,25-30,32-33,35-36,38-39,50,52,54-55,80-82,86-87H,4-6,13-15,22-24,31,34,37,40-49,51,53,56-79H2,1-3H3,(H,91,92)(H,93,94)/b10-7-,11-8-,12-9-,19-16-,20-17-,21-18-,28-25-,29-26-,30-27-,33-32-,36-35-,39-38-,54-50-,55-52-. The molecule has 16 nitrogen and oxygen atoms in total. The van der Waals surface area contributed by atoms with E-state index in [1.165, 1.54) is 64.2 Å². The van der Waals surface area contributed by atoms with E-state index in [0.29, 0.717) is 19.3 Å². The Kier molecular flexibility index (Phi) is 72.8. The number of carbonyl (C=O) groups excluding carboxylic acids is 3. The summed E-state index contributed by atoms with van der Waals surface area (Å²) in [5, 5.41) is 20.6. The van der Waals surface area contributed by atoms with Crippen molar-refractivity contribution in [2.75, 3.05) is 39.6 Å². The molecule has 0 rings (SSSR count). The Morgan fingerprint density at radius 2 is 0.485 bits per heavy atom. The van der Waals surface area contributed by atoms with Gasteiger partial charge in [-0.3, -0.25) is 32.5 Å². The van der Waals surface area contributed by atoms with Crippen LogP contribution in [0.25, 0.3) is 0 Å². The van der Waals surface area contributed by atoms with Gasteiger partial charge in [-0.15, -0.1) is 0 Å². The van der Waals surface area contributed by atoms with Crippen molar-refractivity contribution in [2.24, 2.45) is 0 Å². The smallest absolute Gasteiger partial charge is 0.463 e. The predicted molar refractivity (Wildman–Crippen MR) is 426 cm³/mol. The van der Waals surface area contributed by atoms with Crippen molar-refractivity contribution in [3.63, 3.8) is 0 Å². The van der Waals surface area contributed by atoms with Crippen LogP contribution in [0.5, 0.6) is 0 Å². The van der Waals surface area contributed by atoms with Crippen molar-refractivity contribution in [1.29, 1.82) is 0 Å². The predicted octanol–water partition coefficient (Wildman–Crippen LogP) is 23.2. The lowest BCUT2D eigenvalue weighted by Crippen LogP contribution is -2.30. The van der Waals surface area contributed by atoms with Gasteiger partial charge in [-0.1, -0.05) is 294 Å². The molecule has 0 spiro atoms. The van der Waals surface area contributed by atoms with E-state index in [0.717, 1.165) is 167 Å². The van der Waals surface area contributed by atoms with Crippen molar-refractivity contribution >= 4 is 33.6 Å². The number of rotatable bonds is 73. The van der Waals surface area contributed by atoms with Gasteiger partial charge in [-0.25, -0.2) is 9.13 Å². The molecular formula is C85H140O16P2. The summed E-state index contributed by atoms with van der Waals surface area (Å²) in [5.41, 5.74) is 0. The van der Waals surface area contributed by atoms with Crippen LogP contribution in [0.4, 0.5) is 0 Å². The van der Waals surface area contributed by atoms with Gasteiger partial charge >= 0.3 is 33.6 Å². The number of unbranched alkanes of at least 4 members (excludes halogenated alkanes) is 22. The summed E-state index contributed by atoms with van der Waals surface area (Å²) in [6.45, 7) is 2.27. The molecule has 0 aliphatic rings. The van der Waals surface area contributed by atoms with E-state index in [-0.39, 0.29) is 19.3 Å². The van der Waals surface area contributed by atoms with Crippen LogP contribution in [0.2, 0.25) is 0 Å². The van der Waals surface area contributed by atoms with Gasteiger partial charge in [0.15, 0.2) is 6.10 Å². The van der Waals surface area contributed by atoms with Gasteiger partial charge in [0.2, 0.25) is 0 Å². The summed E-state index contributed by atoms with van der Waals surface area (Å²) in [4.78, 5) is 58.6. The zero-order chi connectivity index (χ0) is 75.2. The van der Waals surface area contributed by atoms with Crippen molar-refractivity contribution < 1.29 is 75.8 Å². The largest absolute Gasteiger partial charge is 0.472 e. The summed E-state index contributed by atoms with van der Waals surface area (Å²) in [6.07, 6.45) is 97.0. The fourth-order valence-corrected chi connectivity index (χ4v) is 11.6. The van der Waals surface area contributed by atoms with E-state index in [4.69, 9.17) is 32.3 Å². The minimum absolute atomic E-state index is 0.0657. The van der Waals surface area contributed by atoms with Crippen LogP contribution in [0.15, 0.2) is 170 Å². The Morgan fingerprint density at radius 3 is 0.767 bits per heavy atom. The van der Waals surface area contributed by atoms with Crippen LogP contribution < -0.4 is 0 Å². The monoisotopic (exact) mass is 1480 g/mol. The number of phosphoric ester groups is 2. The highest BCUT2D eigenvalue weighted by atomic mass is 31.2. The molecule has 0 aliphatic carbocycles. The number of esters is 3. The maximum Gasteiger partial charge on any atom is 0.472 e. The van der Waals surface area contributed by atoms with Crippen molar-refractivity contribution in [1.82, 2.24) is 0 Å². The van der Waals surface area contributed by atoms with Gasteiger partial charge in [0, 0.05) is 19.3 Å². The zero-order valence-electron chi connectivity index (χ0n) is 63.9. The molecule has 0 aromatic rings. The second-order valence-electron chi connectivity index (χ2n) is 25.7. The molecule has 5 atom stereocenters. The molecule has 0 heterocycles. The molecule has 0 bridgehead atoms. The van der Waals surface area contributed by atoms with Crippen molar-refractivity contribution in [2.45, 2.75) is 309 Å². The molecule has 4 N–H and O–H groups in total. The number of aliphatic hydroxyl groups is 2. The minimum atomic E-state index is -4.95. The molecule has 18 heteroatoms. The zero-order valence-corrected chi connectivity index (χ0v) is 65.7. The molecule has 0 aromatic heterocycles. The average molecular weight is 1480 g/mol. The first kappa shape index (κ1) is 97.9. The Balaban J connectivity index is 4.50. The normalized spacial score (nSPS) is 14.9. The molecule has 0 aliphatic heterocycles. The van der Waals surface area contributed by atoms with Crippen LogP contribution in [0.3, 0.4) is 0 Å². The number of phosphoric acid groups is 2. The molecule has 0 saturated carbocycles. The number of hydrogen-bond acceptors (Lipinski definition) is 14. The van der Waals surface area contributed by atoms with E-state index in [9.17, 15) is 43.5 Å². The number of ether oxygens (including phenoxy) is 3. The molecule has 586 valence electrons. The van der Waals surface area contributed by atoms with E-state index < -0.39 is 91.5 Å². The van der Waals surface area contributed by atoms with Gasteiger partial charge in [0.05, 0.1) is 26.4 Å². The van der Waals surface area contributed by atoms with Crippen LogP contribution in [0.1, 0.15) is 290 Å². The Hall–Kier alpha value is -5.09. The van der Waals surface area contributed by atoms with Crippen LogP contribution in [0, 0.1) is 0 Å². The molecule has 0 saturated heterocycles. The first-order valence-electron chi connectivity index (χ1n) is 39.4. The lowest BCUT2D eigenvalue weighted by molar-refractivity contribution is -0.161. The van der Waals surface area contributed by atoms with Gasteiger partial charge in [-0.05, 0) is 148 Å². The quantitative estimate of drug-likeness (QED) is 0.0146. The Bertz CT molecular complexity index is 2550. The maximum atomic E-state index is 13.0. The molecule has 0 aromatic carbocycles. The highest BCUT2D eigenvalue weighted by molar-refractivity contribution is 7.47. The Morgan fingerprint density at radius 1 is 0.272 bits per heavy atom. The topological polar surface area (TPSA) is 231 Å². The van der Waals surface area contributed by atoms with Crippen LogP contribution in [-0.4, -0.2) is 95.9 Å². The average Bonchev–Trinajstić information content (AvgIpc) is 0.915. The summed E-state index contributed by atoms with van der Waals surface area (Å²) in [5.74, 6) is -1.64. The fourth-order valence-electron chi connectivity index (χ4n) is 10.0. The lowest BCUT2D eigenvalue weighted by atomic mass is 10.0. The second-order valence-corrected chi connectivity index (χ2v) is 28.6. The fraction of sp³-hybridized carbons (Fsp3) is 0.635. The highest BCUT2D eigenvalue weighted by Crippen LogP contribution is 2.45. The third kappa shape index (κ3) is 77.8. The number of allylic oxidation sites excluding steroid dienone is 28. The minimum Gasteiger partial charge on any atom is -0.463 e. The third-order valence-electron chi connectivity index (χ3n) is 15.9. The van der Waals surface area contributed by atoms with E-state index >= 15 is 0 Å². The molecule has 5 unspecified atom stereocenters. The van der Waals surface area contributed by atoms with Crippen LogP contribution >= 0.6 is 15.6 Å². The molecular weight excluding hydrogens is 1340 g/mol. The van der Waals surface area contributed by atoms with Gasteiger partial charge in [0.25, 0.3) is 0 Å². The van der Waals surface area contributed by atoms with Gasteiger partial charge in [-0.2, -0.15) is 0 Å². The summed E-state index contributed by atoms with van der Waals surface area (Å²) < 4.78 is 61.1. The second kappa shape index (κ2) is 76.6. The summed E-state index contributed by atoms with van der Waals surface area (Å²) in [7, 11) is -9.81. The summed E-state index contributed by atoms with van der Waals surface area (Å²) >= 11 is 0. The molecule has 103 heavy (non-hydrogen) atoms. The van der Waals surface area contributed by atoms with E-state index in [1.54, 1.807) is 0 Å². The Labute approximate surface area is 624 Å². The van der Waals surface area contributed by atoms with E-state index in [2.05, 4.69) is 191 Å². The summed E-state index contributed by atoms with van der Waals surface area (Å²) in [6, 6.07) is 0. The number of carbonyl (C=O) groups is 3. The first-order chi connectivity index (χ1) is 50.2. The SMILES string of the molecule is CC/C=C\C/C=C\C/C=C\C/C=C\C/C=C\C/C=C\CCCCCCCCCCCCCCCCC(=O)OCC(O)COP(=O)(O)OCC(O)COP(=O)(O)OCC(COC(=O)CCCCCC/C=C\C/C=C\C/C=C\C/C=C\CC)OC(=O)CCCCCC/C=C\C/C=C\C/C=C\C/C=C\CC. The number of hydrogen-bond donors (Lipinski definition) is 4. The molecule has 0 fully saturated rings. The molecule has 0 radical (unpaired) electrons. The highest BCUT2D eigenvalue weighted by Gasteiger charge is 2.29. The lowest BCUT2D eigenvalue weighted by Gasteiger charge is -2.21.